The molecule has 1 N–H and O–H groups in total. The zero-order chi connectivity index (χ0) is 20.4. The van der Waals surface area contributed by atoms with Crippen molar-refractivity contribution in [3.63, 3.8) is 0 Å². The molecule has 0 spiro atoms. The Hall–Kier alpha value is -2.88. The highest BCUT2D eigenvalue weighted by Crippen LogP contribution is 2.27. The number of carbonyl (C=O) groups is 1. The number of rotatable bonds is 5. The second kappa shape index (κ2) is 8.24. The van der Waals surface area contributed by atoms with Crippen LogP contribution >= 0.6 is 11.3 Å². The lowest BCUT2D eigenvalue weighted by Crippen LogP contribution is -2.32. The van der Waals surface area contributed by atoms with E-state index in [9.17, 15) is 18.4 Å². The number of halogens is 2. The number of amides is 1. The summed E-state index contributed by atoms with van der Waals surface area (Å²) in [4.78, 5) is 35.7. The van der Waals surface area contributed by atoms with Crippen molar-refractivity contribution < 1.29 is 13.6 Å². The predicted octanol–water partition coefficient (Wildman–Crippen LogP) is 2.44. The number of anilines is 1. The van der Waals surface area contributed by atoms with Crippen molar-refractivity contribution in [2.75, 3.05) is 18.0 Å². The van der Waals surface area contributed by atoms with Crippen molar-refractivity contribution in [1.29, 1.82) is 0 Å². The van der Waals surface area contributed by atoms with Gasteiger partial charge in [-0.1, -0.05) is 17.4 Å². The molecule has 0 bridgehead atoms. The molecule has 152 valence electrons. The lowest BCUT2D eigenvalue weighted by Gasteiger charge is -2.25. The first-order chi connectivity index (χ1) is 14.0. The number of fused-ring (bicyclic) bond motifs is 1. The molecule has 3 aromatic rings. The molecule has 7 nitrogen and oxygen atoms in total. The van der Waals surface area contributed by atoms with E-state index in [0.717, 1.165) is 43.2 Å². The molecule has 1 fully saturated rings. The van der Waals surface area contributed by atoms with Crippen LogP contribution in [0.4, 0.5) is 13.9 Å². The van der Waals surface area contributed by atoms with Gasteiger partial charge in [0.05, 0.1) is 0 Å². The third kappa shape index (κ3) is 4.26. The van der Waals surface area contributed by atoms with E-state index in [4.69, 9.17) is 0 Å². The summed E-state index contributed by atoms with van der Waals surface area (Å²) in [6, 6.07) is 3.15. The first kappa shape index (κ1) is 19.4. The standard InChI is InChI=1S/C19H19F2N5O2S/c20-13-5-4-12(14(21)8-13)9-22-15(27)10-26-11-23-17-16(18(26)28)29-19(24-17)25-6-2-1-3-7-25/h4-5,8,11H,1-3,6-7,9-10H2,(H,22,27). The van der Waals surface area contributed by atoms with Gasteiger partial charge in [0.1, 0.15) is 29.2 Å². The van der Waals surface area contributed by atoms with Gasteiger partial charge in [-0.15, -0.1) is 0 Å². The molecule has 0 atom stereocenters. The Morgan fingerprint density at radius 1 is 1.21 bits per heavy atom. The highest BCUT2D eigenvalue weighted by Gasteiger charge is 2.18. The molecule has 2 aromatic heterocycles. The number of hydrogen-bond acceptors (Lipinski definition) is 6. The summed E-state index contributed by atoms with van der Waals surface area (Å²) >= 11 is 1.29. The van der Waals surface area contributed by atoms with Gasteiger partial charge >= 0.3 is 0 Å². The number of nitrogens with one attached hydrogen (secondary N) is 1. The normalized spacial score (nSPS) is 14.3. The zero-order valence-electron chi connectivity index (χ0n) is 15.5. The first-order valence-electron chi connectivity index (χ1n) is 9.33. The molecule has 1 aliphatic heterocycles. The number of aromatic nitrogens is 3. The molecule has 0 unspecified atom stereocenters. The molecule has 0 radical (unpaired) electrons. The van der Waals surface area contributed by atoms with Crippen molar-refractivity contribution in [2.45, 2.75) is 32.4 Å². The molecule has 4 rings (SSSR count). The number of nitrogens with zero attached hydrogens (tertiary/aromatic N) is 4. The van der Waals surface area contributed by atoms with Crippen LogP contribution in [0.25, 0.3) is 10.3 Å². The number of hydrogen-bond donors (Lipinski definition) is 1. The topological polar surface area (TPSA) is 80.1 Å². The smallest absolute Gasteiger partial charge is 0.273 e. The van der Waals surface area contributed by atoms with Gasteiger partial charge in [0.2, 0.25) is 5.91 Å². The SMILES string of the molecule is O=C(Cn1cnc2nc(N3CCCCC3)sc2c1=O)NCc1ccc(F)cc1F. The number of benzene rings is 1. The molecule has 1 aliphatic rings. The Balaban J connectivity index is 1.46. The van der Waals surface area contributed by atoms with Crippen molar-refractivity contribution in [1.82, 2.24) is 19.9 Å². The van der Waals surface area contributed by atoms with E-state index in [1.54, 1.807) is 0 Å². The number of piperidine rings is 1. The lowest BCUT2D eigenvalue weighted by molar-refractivity contribution is -0.121. The fourth-order valence-electron chi connectivity index (χ4n) is 3.24. The van der Waals surface area contributed by atoms with Gasteiger partial charge in [0.25, 0.3) is 5.56 Å². The molecule has 29 heavy (non-hydrogen) atoms. The minimum Gasteiger partial charge on any atom is -0.350 e. The van der Waals surface area contributed by atoms with Gasteiger partial charge in [-0.25, -0.2) is 13.8 Å². The largest absolute Gasteiger partial charge is 0.350 e. The molecule has 10 heteroatoms. The Morgan fingerprint density at radius 2 is 2.00 bits per heavy atom. The maximum absolute atomic E-state index is 13.7. The first-order valence-corrected chi connectivity index (χ1v) is 10.1. The minimum absolute atomic E-state index is 0.102. The van der Waals surface area contributed by atoms with E-state index in [1.165, 1.54) is 34.7 Å². The molecule has 0 saturated carbocycles. The summed E-state index contributed by atoms with van der Waals surface area (Å²) in [7, 11) is 0. The summed E-state index contributed by atoms with van der Waals surface area (Å²) in [6.07, 6.45) is 4.69. The summed E-state index contributed by atoms with van der Waals surface area (Å²) < 4.78 is 28.2. The van der Waals surface area contributed by atoms with Gasteiger partial charge in [-0.3, -0.25) is 14.2 Å². The summed E-state index contributed by atoms with van der Waals surface area (Å²) in [5, 5.41) is 3.31. The summed E-state index contributed by atoms with van der Waals surface area (Å²) in [6.45, 7) is 1.48. The highest BCUT2D eigenvalue weighted by atomic mass is 32.1. The second-order valence-corrected chi connectivity index (χ2v) is 7.86. The van der Waals surface area contributed by atoms with E-state index >= 15 is 0 Å². The third-order valence-electron chi connectivity index (χ3n) is 4.80. The van der Waals surface area contributed by atoms with Gasteiger partial charge < -0.3 is 10.2 Å². The lowest BCUT2D eigenvalue weighted by atomic mass is 10.1. The number of carbonyl (C=O) groups excluding carboxylic acids is 1. The van der Waals surface area contributed by atoms with Crippen molar-refractivity contribution in [2.24, 2.45) is 0 Å². The average Bonchev–Trinajstić information content (AvgIpc) is 3.15. The molecular formula is C19H19F2N5O2S. The maximum atomic E-state index is 13.7. The molecule has 1 amide bonds. The summed E-state index contributed by atoms with van der Waals surface area (Å²) in [5.41, 5.74) is 0.207. The van der Waals surface area contributed by atoms with E-state index in [-0.39, 0.29) is 24.2 Å². The molecule has 1 aromatic carbocycles. The van der Waals surface area contributed by atoms with E-state index in [2.05, 4.69) is 20.2 Å². The van der Waals surface area contributed by atoms with Gasteiger partial charge in [0.15, 0.2) is 10.8 Å². The predicted molar refractivity (Wildman–Crippen MR) is 106 cm³/mol. The van der Waals surface area contributed by atoms with Crippen LogP contribution in [-0.2, 0) is 17.9 Å². The molecule has 3 heterocycles. The van der Waals surface area contributed by atoms with Crippen molar-refractivity contribution in [3.8, 4) is 0 Å². The van der Waals surface area contributed by atoms with Gasteiger partial charge in [-0.2, -0.15) is 4.98 Å². The Morgan fingerprint density at radius 3 is 2.76 bits per heavy atom. The number of thiazole rings is 1. The van der Waals surface area contributed by atoms with Crippen LogP contribution in [-0.4, -0.2) is 33.5 Å². The van der Waals surface area contributed by atoms with Gasteiger partial charge in [0, 0.05) is 31.3 Å². The monoisotopic (exact) mass is 419 g/mol. The van der Waals surface area contributed by atoms with E-state index < -0.39 is 17.5 Å². The quantitative estimate of drug-likeness (QED) is 0.687. The Bertz CT molecular complexity index is 1110. The van der Waals surface area contributed by atoms with E-state index in [1.807, 2.05) is 0 Å². The van der Waals surface area contributed by atoms with Crippen molar-refractivity contribution in [3.05, 3.63) is 52.1 Å². The average molecular weight is 419 g/mol. The Kier molecular flexibility index (Phi) is 5.52. The van der Waals surface area contributed by atoms with Crippen LogP contribution < -0.4 is 15.8 Å². The maximum Gasteiger partial charge on any atom is 0.273 e. The fourth-order valence-corrected chi connectivity index (χ4v) is 4.26. The zero-order valence-corrected chi connectivity index (χ0v) is 16.3. The molecule has 1 saturated heterocycles. The summed E-state index contributed by atoms with van der Waals surface area (Å²) in [5.74, 6) is -1.89. The molecule has 0 aliphatic carbocycles. The second-order valence-electron chi connectivity index (χ2n) is 6.89. The van der Waals surface area contributed by atoms with Crippen molar-refractivity contribution >= 4 is 32.7 Å². The van der Waals surface area contributed by atoms with Crippen LogP contribution in [0.15, 0.2) is 29.3 Å². The highest BCUT2D eigenvalue weighted by molar-refractivity contribution is 7.22. The van der Waals surface area contributed by atoms with Gasteiger partial charge in [-0.05, 0) is 25.3 Å². The van der Waals surface area contributed by atoms with Crippen LogP contribution in [0.5, 0.6) is 0 Å². The van der Waals surface area contributed by atoms with Crippen LogP contribution in [0.2, 0.25) is 0 Å². The van der Waals surface area contributed by atoms with Crippen LogP contribution in [0.1, 0.15) is 24.8 Å². The minimum atomic E-state index is -0.736. The fraction of sp³-hybridized carbons (Fsp3) is 0.368. The van der Waals surface area contributed by atoms with E-state index in [0.29, 0.717) is 10.3 Å². The van der Waals surface area contributed by atoms with Crippen LogP contribution in [0, 0.1) is 11.6 Å². The molecular weight excluding hydrogens is 400 g/mol. The third-order valence-corrected chi connectivity index (χ3v) is 5.90. The Labute approximate surface area is 169 Å². The van der Waals surface area contributed by atoms with Crippen LogP contribution in [0.3, 0.4) is 0 Å².